The molecule has 0 bridgehead atoms. The fourth-order valence-corrected chi connectivity index (χ4v) is 2.02. The Morgan fingerprint density at radius 3 is 2.90 bits per heavy atom. The van der Waals surface area contributed by atoms with Gasteiger partial charge in [0.15, 0.2) is 0 Å². The average molecular weight is 278 g/mol. The van der Waals surface area contributed by atoms with Gasteiger partial charge >= 0.3 is 0 Å². The van der Waals surface area contributed by atoms with Crippen LogP contribution in [0, 0.1) is 0 Å². The molecule has 3 amide bonds. The molecule has 1 atom stereocenters. The van der Waals surface area contributed by atoms with Gasteiger partial charge in [0.05, 0.1) is 15.2 Å². The molecule has 6 heteroatoms. The van der Waals surface area contributed by atoms with Crippen LogP contribution >= 0.6 is 0 Å². The number of rotatable bonds is 1. The van der Waals surface area contributed by atoms with E-state index in [0.29, 0.717) is 0 Å². The SMILES string of the molecule is [2H]c1c([2H])c(N)c2c(c1[2H])C(=O)N([C@@H]1C(=O)NC(=C)C([2H])([2H])C1([2H])[2H])C2=O. The maximum absolute atomic E-state index is 12.8. The van der Waals surface area contributed by atoms with E-state index in [4.69, 9.17) is 15.3 Å². The summed E-state index contributed by atoms with van der Waals surface area (Å²) < 4.78 is 55.1. The Bertz CT molecular complexity index is 913. The molecular formula is C14H13N3O3. The summed E-state index contributed by atoms with van der Waals surface area (Å²) >= 11 is 0. The lowest BCUT2D eigenvalue weighted by atomic mass is 10.0. The van der Waals surface area contributed by atoms with Gasteiger partial charge in [0.1, 0.15) is 6.04 Å². The van der Waals surface area contributed by atoms with Crippen molar-refractivity contribution in [2.45, 2.75) is 18.8 Å². The smallest absolute Gasteiger partial charge is 0.264 e. The Morgan fingerprint density at radius 1 is 1.40 bits per heavy atom. The number of hydrogen-bond acceptors (Lipinski definition) is 4. The van der Waals surface area contributed by atoms with E-state index in [0.717, 1.165) is 0 Å². The predicted octanol–water partition coefficient (Wildman–Crippen LogP) is 0.657. The van der Waals surface area contributed by atoms with Crippen LogP contribution in [0.3, 0.4) is 0 Å². The molecule has 2 heterocycles. The van der Waals surface area contributed by atoms with Crippen molar-refractivity contribution in [1.29, 1.82) is 0 Å². The average Bonchev–Trinajstić information content (AvgIpc) is 2.81. The van der Waals surface area contributed by atoms with Crippen LogP contribution in [0.25, 0.3) is 0 Å². The quantitative estimate of drug-likeness (QED) is 0.583. The van der Waals surface area contributed by atoms with Crippen molar-refractivity contribution in [3.05, 3.63) is 41.5 Å². The fourth-order valence-electron chi connectivity index (χ4n) is 2.02. The van der Waals surface area contributed by atoms with Gasteiger partial charge in [-0.1, -0.05) is 12.6 Å². The third-order valence-corrected chi connectivity index (χ3v) is 2.91. The number of amides is 3. The molecule has 0 saturated carbocycles. The van der Waals surface area contributed by atoms with Crippen LogP contribution in [0.15, 0.2) is 30.4 Å². The summed E-state index contributed by atoms with van der Waals surface area (Å²) in [5.41, 5.74) is 3.36. The number of allylic oxidation sites excluding steroid dienone is 1. The summed E-state index contributed by atoms with van der Waals surface area (Å²) in [6, 6.07) is -4.31. The van der Waals surface area contributed by atoms with E-state index in [9.17, 15) is 14.4 Å². The molecule has 3 rings (SSSR count). The summed E-state index contributed by atoms with van der Waals surface area (Å²) in [6.45, 7) is 3.27. The van der Waals surface area contributed by atoms with Crippen molar-refractivity contribution in [2.75, 3.05) is 5.73 Å². The molecule has 20 heavy (non-hydrogen) atoms. The zero-order chi connectivity index (χ0) is 20.6. The Labute approximate surface area is 125 Å². The van der Waals surface area contributed by atoms with Crippen LogP contribution in [-0.4, -0.2) is 28.7 Å². The first kappa shape index (κ1) is 6.69. The highest BCUT2D eigenvalue weighted by Gasteiger charge is 2.44. The number of nitrogen functional groups attached to an aromatic ring is 1. The number of benzene rings is 1. The highest BCUT2D eigenvalue weighted by Crippen LogP contribution is 2.31. The van der Waals surface area contributed by atoms with Crippen molar-refractivity contribution in [3.63, 3.8) is 0 Å². The van der Waals surface area contributed by atoms with E-state index in [1.54, 1.807) is 0 Å². The topological polar surface area (TPSA) is 92.5 Å². The Kier molecular flexibility index (Phi) is 1.40. The van der Waals surface area contributed by atoms with Crippen molar-refractivity contribution in [1.82, 2.24) is 10.2 Å². The lowest BCUT2D eigenvalue weighted by molar-refractivity contribution is -0.125. The van der Waals surface area contributed by atoms with Crippen LogP contribution in [0.5, 0.6) is 0 Å². The number of piperidine rings is 1. The highest BCUT2D eigenvalue weighted by molar-refractivity contribution is 6.25. The van der Waals surface area contributed by atoms with Crippen LogP contribution in [0.2, 0.25) is 0 Å². The molecule has 2 aliphatic heterocycles. The summed E-state index contributed by atoms with van der Waals surface area (Å²) in [7, 11) is 0. The number of carbonyl (C=O) groups is 3. The lowest BCUT2D eigenvalue weighted by Crippen LogP contribution is -2.51. The normalized spacial score (nSPS) is 32.1. The molecule has 0 spiro atoms. The summed E-state index contributed by atoms with van der Waals surface area (Å²) in [5.74, 6) is -3.66. The van der Waals surface area contributed by atoms with Crippen molar-refractivity contribution < 1.29 is 24.0 Å². The minimum Gasteiger partial charge on any atom is -0.398 e. The molecule has 1 fully saturated rings. The molecule has 6 nitrogen and oxygen atoms in total. The lowest BCUT2D eigenvalue weighted by Gasteiger charge is -2.29. The third kappa shape index (κ3) is 1.61. The molecular weight excluding hydrogens is 258 g/mol. The molecule has 1 aromatic rings. The van der Waals surface area contributed by atoms with Crippen LogP contribution in [-0.2, 0) is 4.79 Å². The first-order chi connectivity index (χ1) is 12.3. The minimum atomic E-state index is -3.04. The van der Waals surface area contributed by atoms with Gasteiger partial charge in [-0.15, -0.1) is 0 Å². The van der Waals surface area contributed by atoms with E-state index in [2.05, 4.69) is 6.58 Å². The Morgan fingerprint density at radius 2 is 2.15 bits per heavy atom. The maximum Gasteiger partial charge on any atom is 0.264 e. The molecule has 2 aliphatic rings. The predicted molar refractivity (Wildman–Crippen MR) is 71.7 cm³/mol. The largest absolute Gasteiger partial charge is 0.398 e. The zero-order valence-corrected chi connectivity index (χ0v) is 10.0. The number of nitrogens with two attached hydrogens (primary N) is 1. The molecule has 3 N–H and O–H groups in total. The van der Waals surface area contributed by atoms with Crippen molar-refractivity contribution >= 4 is 23.4 Å². The van der Waals surface area contributed by atoms with Crippen LogP contribution in [0.1, 0.15) is 43.1 Å². The molecule has 0 unspecified atom stereocenters. The van der Waals surface area contributed by atoms with Crippen molar-refractivity contribution in [3.8, 4) is 0 Å². The van der Waals surface area contributed by atoms with Gasteiger partial charge in [-0.2, -0.15) is 0 Å². The van der Waals surface area contributed by atoms with Gasteiger partial charge in [0.2, 0.25) is 5.91 Å². The number of imide groups is 1. The van der Waals surface area contributed by atoms with Gasteiger partial charge in [-0.3, -0.25) is 19.3 Å². The van der Waals surface area contributed by atoms with Crippen molar-refractivity contribution in [2.24, 2.45) is 0 Å². The van der Waals surface area contributed by atoms with E-state index >= 15 is 0 Å². The van der Waals surface area contributed by atoms with E-state index in [1.165, 1.54) is 0 Å². The first-order valence-corrected chi connectivity index (χ1v) is 5.54. The van der Waals surface area contributed by atoms with E-state index in [-0.39, 0.29) is 4.90 Å². The van der Waals surface area contributed by atoms with Crippen LogP contribution in [0.4, 0.5) is 5.69 Å². The van der Waals surface area contributed by atoms with Gasteiger partial charge in [0.25, 0.3) is 11.8 Å². The number of hydrogen-bond donors (Lipinski definition) is 2. The monoisotopic (exact) mass is 278 g/mol. The van der Waals surface area contributed by atoms with Gasteiger partial charge in [0, 0.05) is 16.9 Å². The molecule has 0 aromatic heterocycles. The standard InChI is InChI=1S/C14H13N3O3/c1-7-5-6-10(12(18)16-7)17-13(19)8-3-2-4-9(15)11(8)14(17)20/h2-4,10H,1,5-6,15H2,(H,16,18)/t10-/m0/s1/i2D,3D,4D,5D2,6D2. The first-order valence-electron chi connectivity index (χ1n) is 9.04. The number of nitrogens with one attached hydrogen (secondary N) is 1. The number of nitrogens with zero attached hydrogens (tertiary/aromatic N) is 1. The number of anilines is 1. The number of carbonyl (C=O) groups excluding carboxylic acids is 3. The Balaban J connectivity index is 2.23. The molecule has 0 radical (unpaired) electrons. The second kappa shape index (κ2) is 4.19. The summed E-state index contributed by atoms with van der Waals surface area (Å²) in [5, 5.41) is 2.03. The second-order valence-electron chi connectivity index (χ2n) is 4.16. The molecule has 1 saturated heterocycles. The Hall–Kier alpha value is -2.63. The maximum atomic E-state index is 12.8. The molecule has 102 valence electrons. The van der Waals surface area contributed by atoms with Gasteiger partial charge in [-0.05, 0) is 24.8 Å². The number of fused-ring (bicyclic) bond motifs is 1. The van der Waals surface area contributed by atoms with E-state index < -0.39 is 77.1 Å². The molecule has 1 aromatic carbocycles. The second-order valence-corrected chi connectivity index (χ2v) is 4.16. The molecule has 0 aliphatic carbocycles. The zero-order valence-electron chi connectivity index (χ0n) is 17.0. The third-order valence-electron chi connectivity index (χ3n) is 2.91. The van der Waals surface area contributed by atoms with E-state index in [1.807, 2.05) is 5.32 Å². The van der Waals surface area contributed by atoms with Gasteiger partial charge < -0.3 is 11.1 Å². The minimum absolute atomic E-state index is 0.192. The van der Waals surface area contributed by atoms with Crippen LogP contribution < -0.4 is 11.1 Å². The fraction of sp³-hybridized carbons (Fsp3) is 0.214. The summed E-state index contributed by atoms with van der Waals surface area (Å²) in [4.78, 5) is 38.1. The highest BCUT2D eigenvalue weighted by atomic mass is 16.2. The summed E-state index contributed by atoms with van der Waals surface area (Å²) in [6.07, 6.45) is -5.85. The van der Waals surface area contributed by atoms with Gasteiger partial charge in [-0.25, -0.2) is 0 Å².